The van der Waals surface area contributed by atoms with Crippen LogP contribution in [0.3, 0.4) is 0 Å². The Morgan fingerprint density at radius 1 is 1.05 bits per heavy atom. The minimum atomic E-state index is 0.381. The van der Waals surface area contributed by atoms with Crippen molar-refractivity contribution in [2.24, 2.45) is 0 Å². The fraction of sp³-hybridized carbons (Fsp3) is 0.333. The van der Waals surface area contributed by atoms with Crippen LogP contribution in [-0.2, 0) is 6.54 Å². The van der Waals surface area contributed by atoms with E-state index in [0.717, 1.165) is 12.3 Å². The second-order valence-electron chi connectivity index (χ2n) is 5.31. The Kier molecular flexibility index (Phi) is 5.23. The van der Waals surface area contributed by atoms with E-state index in [2.05, 4.69) is 60.6 Å². The molecule has 2 rings (SSSR count). The molecule has 0 aliphatic carbocycles. The summed E-state index contributed by atoms with van der Waals surface area (Å²) in [6.45, 7) is 3.04. The predicted molar refractivity (Wildman–Crippen MR) is 89.0 cm³/mol. The van der Waals surface area contributed by atoms with Gasteiger partial charge >= 0.3 is 0 Å². The largest absolute Gasteiger partial charge is 0.497 e. The molecule has 0 fully saturated rings. The zero-order valence-electron chi connectivity index (χ0n) is 13.3. The Hall–Kier alpha value is -2.00. The van der Waals surface area contributed by atoms with Crippen LogP contribution in [-0.4, -0.2) is 21.2 Å². The SMILES string of the molecule is CNC(C)c1ccc(N(C)Cc2ccc(OC)cc2)cc1. The van der Waals surface area contributed by atoms with Gasteiger partial charge in [0.2, 0.25) is 0 Å². The van der Waals surface area contributed by atoms with E-state index in [9.17, 15) is 0 Å². The summed E-state index contributed by atoms with van der Waals surface area (Å²) in [4.78, 5) is 2.25. The quantitative estimate of drug-likeness (QED) is 0.877. The molecule has 3 nitrogen and oxygen atoms in total. The summed E-state index contributed by atoms with van der Waals surface area (Å²) >= 11 is 0. The van der Waals surface area contributed by atoms with Gasteiger partial charge < -0.3 is 15.0 Å². The lowest BCUT2D eigenvalue weighted by atomic mass is 10.1. The number of ether oxygens (including phenoxy) is 1. The van der Waals surface area contributed by atoms with Crippen LogP contribution in [0.25, 0.3) is 0 Å². The third-order valence-corrected chi connectivity index (χ3v) is 3.85. The van der Waals surface area contributed by atoms with E-state index in [4.69, 9.17) is 4.74 Å². The summed E-state index contributed by atoms with van der Waals surface area (Å²) in [7, 11) is 5.78. The fourth-order valence-corrected chi connectivity index (χ4v) is 2.28. The highest BCUT2D eigenvalue weighted by molar-refractivity contribution is 5.48. The first kappa shape index (κ1) is 15.4. The number of nitrogens with zero attached hydrogens (tertiary/aromatic N) is 1. The molecule has 1 unspecified atom stereocenters. The molecule has 21 heavy (non-hydrogen) atoms. The van der Waals surface area contributed by atoms with Crippen LogP contribution < -0.4 is 15.0 Å². The van der Waals surface area contributed by atoms with Crippen molar-refractivity contribution in [2.45, 2.75) is 19.5 Å². The molecule has 0 radical (unpaired) electrons. The van der Waals surface area contributed by atoms with Crippen LogP contribution in [0.15, 0.2) is 48.5 Å². The van der Waals surface area contributed by atoms with Gasteiger partial charge in [-0.05, 0) is 49.4 Å². The fourth-order valence-electron chi connectivity index (χ4n) is 2.28. The Morgan fingerprint density at radius 3 is 2.19 bits per heavy atom. The molecule has 0 aromatic heterocycles. The molecule has 2 aromatic carbocycles. The van der Waals surface area contributed by atoms with Crippen LogP contribution in [0.4, 0.5) is 5.69 Å². The number of nitrogens with one attached hydrogen (secondary N) is 1. The van der Waals surface area contributed by atoms with Gasteiger partial charge in [-0.15, -0.1) is 0 Å². The monoisotopic (exact) mass is 284 g/mol. The van der Waals surface area contributed by atoms with Crippen LogP contribution in [0, 0.1) is 0 Å². The minimum Gasteiger partial charge on any atom is -0.497 e. The molecule has 0 bridgehead atoms. The van der Waals surface area contributed by atoms with Gasteiger partial charge in [0.15, 0.2) is 0 Å². The number of anilines is 1. The number of benzene rings is 2. The van der Waals surface area contributed by atoms with E-state index in [0.29, 0.717) is 6.04 Å². The lowest BCUT2D eigenvalue weighted by Crippen LogP contribution is -2.17. The summed E-state index contributed by atoms with van der Waals surface area (Å²) in [5.74, 6) is 0.895. The maximum absolute atomic E-state index is 5.19. The van der Waals surface area contributed by atoms with Crippen LogP contribution >= 0.6 is 0 Å². The molecular weight excluding hydrogens is 260 g/mol. The Balaban J connectivity index is 2.03. The van der Waals surface area contributed by atoms with E-state index in [1.165, 1.54) is 16.8 Å². The molecule has 112 valence electrons. The third-order valence-electron chi connectivity index (χ3n) is 3.85. The van der Waals surface area contributed by atoms with E-state index in [1.807, 2.05) is 19.2 Å². The molecule has 1 atom stereocenters. The summed E-state index contributed by atoms with van der Waals surface area (Å²) in [5, 5.41) is 3.26. The smallest absolute Gasteiger partial charge is 0.118 e. The molecule has 1 N–H and O–H groups in total. The second-order valence-corrected chi connectivity index (χ2v) is 5.31. The Labute approximate surface area is 127 Å². The zero-order chi connectivity index (χ0) is 15.2. The average molecular weight is 284 g/mol. The van der Waals surface area contributed by atoms with Crippen molar-refractivity contribution < 1.29 is 4.74 Å². The van der Waals surface area contributed by atoms with Gasteiger partial charge in [-0.25, -0.2) is 0 Å². The first-order valence-electron chi connectivity index (χ1n) is 7.25. The summed E-state index contributed by atoms with van der Waals surface area (Å²) in [5.41, 5.74) is 3.79. The highest BCUT2D eigenvalue weighted by Gasteiger charge is 2.05. The number of hydrogen-bond acceptors (Lipinski definition) is 3. The van der Waals surface area contributed by atoms with Gasteiger partial charge in [0.05, 0.1) is 7.11 Å². The molecule has 0 amide bonds. The van der Waals surface area contributed by atoms with Gasteiger partial charge in [0.1, 0.15) is 5.75 Å². The number of hydrogen-bond donors (Lipinski definition) is 1. The van der Waals surface area contributed by atoms with Crippen molar-refractivity contribution in [3.63, 3.8) is 0 Å². The molecule has 0 saturated carbocycles. The van der Waals surface area contributed by atoms with E-state index in [-0.39, 0.29) is 0 Å². The molecule has 0 spiro atoms. The van der Waals surface area contributed by atoms with Gasteiger partial charge in [0.25, 0.3) is 0 Å². The standard InChI is InChI=1S/C18H24N2O/c1-14(19-2)16-7-9-17(10-8-16)20(3)13-15-5-11-18(21-4)12-6-15/h5-12,14,19H,13H2,1-4H3. The van der Waals surface area contributed by atoms with Crippen molar-refractivity contribution in [1.82, 2.24) is 5.32 Å². The van der Waals surface area contributed by atoms with E-state index < -0.39 is 0 Å². The van der Waals surface area contributed by atoms with Crippen LogP contribution in [0.2, 0.25) is 0 Å². The highest BCUT2D eigenvalue weighted by atomic mass is 16.5. The average Bonchev–Trinajstić information content (AvgIpc) is 2.55. The summed E-state index contributed by atoms with van der Waals surface area (Å²) < 4.78 is 5.19. The number of rotatable bonds is 6. The molecule has 3 heteroatoms. The number of methoxy groups -OCH3 is 1. The van der Waals surface area contributed by atoms with Crippen LogP contribution in [0.1, 0.15) is 24.1 Å². The topological polar surface area (TPSA) is 24.5 Å². The van der Waals surface area contributed by atoms with Gasteiger partial charge in [-0.3, -0.25) is 0 Å². The van der Waals surface area contributed by atoms with Gasteiger partial charge in [-0.1, -0.05) is 24.3 Å². The first-order chi connectivity index (χ1) is 10.1. The van der Waals surface area contributed by atoms with Crippen molar-refractivity contribution in [3.8, 4) is 5.75 Å². The maximum Gasteiger partial charge on any atom is 0.118 e. The minimum absolute atomic E-state index is 0.381. The molecule has 0 aliphatic rings. The van der Waals surface area contributed by atoms with E-state index in [1.54, 1.807) is 7.11 Å². The summed E-state index contributed by atoms with van der Waals surface area (Å²) in [6, 6.07) is 17.3. The van der Waals surface area contributed by atoms with Crippen LogP contribution in [0.5, 0.6) is 5.75 Å². The third kappa shape index (κ3) is 3.99. The molecule has 0 saturated heterocycles. The molecular formula is C18H24N2O. The van der Waals surface area contributed by atoms with Crippen molar-refractivity contribution in [2.75, 3.05) is 26.1 Å². The Bertz CT molecular complexity index is 548. The van der Waals surface area contributed by atoms with Gasteiger partial charge in [0, 0.05) is 25.3 Å². The van der Waals surface area contributed by atoms with Crippen molar-refractivity contribution in [3.05, 3.63) is 59.7 Å². The molecule has 2 aromatic rings. The normalized spacial score (nSPS) is 12.0. The predicted octanol–water partition coefficient (Wildman–Crippen LogP) is 3.61. The lowest BCUT2D eigenvalue weighted by Gasteiger charge is -2.20. The Morgan fingerprint density at radius 2 is 1.67 bits per heavy atom. The van der Waals surface area contributed by atoms with E-state index >= 15 is 0 Å². The second kappa shape index (κ2) is 7.14. The molecule has 0 heterocycles. The summed E-state index contributed by atoms with van der Waals surface area (Å²) in [6.07, 6.45) is 0. The lowest BCUT2D eigenvalue weighted by molar-refractivity contribution is 0.414. The van der Waals surface area contributed by atoms with Crippen molar-refractivity contribution >= 4 is 5.69 Å². The maximum atomic E-state index is 5.19. The van der Waals surface area contributed by atoms with Crippen molar-refractivity contribution in [1.29, 1.82) is 0 Å². The first-order valence-corrected chi connectivity index (χ1v) is 7.25. The zero-order valence-corrected chi connectivity index (χ0v) is 13.3. The van der Waals surface area contributed by atoms with Gasteiger partial charge in [-0.2, -0.15) is 0 Å². The molecule has 0 aliphatic heterocycles. The highest BCUT2D eigenvalue weighted by Crippen LogP contribution is 2.20.